The molecule has 93 valence electrons. The molecule has 0 saturated heterocycles. The smallest absolute Gasteiger partial charge is 0.343 e. The molecule has 0 fully saturated rings. The number of hydrogen-bond acceptors (Lipinski definition) is 0. The fourth-order valence-electron chi connectivity index (χ4n) is 0. The van der Waals surface area contributed by atoms with E-state index in [0.717, 1.165) is 19.3 Å². The summed E-state index contributed by atoms with van der Waals surface area (Å²) >= 11 is 0. The van der Waals surface area contributed by atoms with Crippen LogP contribution in [-0.4, -0.2) is 0 Å². The summed E-state index contributed by atoms with van der Waals surface area (Å²) in [5.74, 6) is 0. The van der Waals surface area contributed by atoms with Crippen molar-refractivity contribution < 1.29 is 16.5 Å². The fraction of sp³-hybridized carbons (Fsp3) is 0.750. The molecule has 0 aliphatic carbocycles. The molecule has 0 spiro atoms. The maximum absolute atomic E-state index is 3.60. The molecule has 0 saturated carbocycles. The molecule has 0 heterocycles. The molecular formula is C12H30NiP. The molecule has 0 bridgehead atoms. The van der Waals surface area contributed by atoms with Gasteiger partial charge >= 0.3 is 16.5 Å². The minimum absolute atomic E-state index is 0. The molecule has 0 aliphatic rings. The summed E-state index contributed by atoms with van der Waals surface area (Å²) in [5, 5.41) is 0. The van der Waals surface area contributed by atoms with E-state index >= 15 is 0 Å². The van der Waals surface area contributed by atoms with Crippen LogP contribution in [0.1, 0.15) is 59.3 Å². The van der Waals surface area contributed by atoms with Crippen LogP contribution in [0.2, 0.25) is 0 Å². The number of unbranched alkanes of at least 4 members (excludes halogenated alkanes) is 3. The molecule has 1 unspecified atom stereocenters. The maximum atomic E-state index is 3.60. The van der Waals surface area contributed by atoms with E-state index in [-0.39, 0.29) is 26.4 Å². The summed E-state index contributed by atoms with van der Waals surface area (Å²) in [5.41, 5.74) is 0. The van der Waals surface area contributed by atoms with Gasteiger partial charge in [-0.2, -0.15) is 29.2 Å². The van der Waals surface area contributed by atoms with Crippen LogP contribution in [0.15, 0.2) is 0 Å². The SMILES string of the molecule is P.[CH2-]CCC.[CH2-]CCC.[CH2-]CCC.[Ni+3]. The Kier molecular flexibility index (Phi) is 102. The summed E-state index contributed by atoms with van der Waals surface area (Å²) < 4.78 is 0. The van der Waals surface area contributed by atoms with Gasteiger partial charge in [0.2, 0.25) is 0 Å². The first-order chi connectivity index (χ1) is 5.74. The molecule has 0 amide bonds. The largest absolute Gasteiger partial charge is 3.00 e. The van der Waals surface area contributed by atoms with Crippen molar-refractivity contribution >= 4 is 9.90 Å². The quantitative estimate of drug-likeness (QED) is 0.385. The Morgan fingerprint density at radius 3 is 0.714 bits per heavy atom. The van der Waals surface area contributed by atoms with Gasteiger partial charge in [-0.05, 0) is 0 Å². The Bertz CT molecular complexity index is 25.8. The molecular weight excluding hydrogens is 234 g/mol. The molecule has 0 aromatic rings. The van der Waals surface area contributed by atoms with Gasteiger partial charge in [0.15, 0.2) is 0 Å². The average molecular weight is 264 g/mol. The summed E-state index contributed by atoms with van der Waals surface area (Å²) in [6.07, 6.45) is 6.83. The van der Waals surface area contributed by atoms with Crippen molar-refractivity contribution in [3.8, 4) is 0 Å². The van der Waals surface area contributed by atoms with Crippen molar-refractivity contribution in [2.45, 2.75) is 59.3 Å². The van der Waals surface area contributed by atoms with Crippen molar-refractivity contribution in [3.63, 3.8) is 0 Å². The second-order valence-electron chi connectivity index (χ2n) is 2.56. The van der Waals surface area contributed by atoms with Gasteiger partial charge in [0.1, 0.15) is 0 Å². The zero-order chi connectivity index (χ0) is 10.2. The van der Waals surface area contributed by atoms with Crippen LogP contribution in [-0.2, 0) is 16.5 Å². The predicted octanol–water partition coefficient (Wildman–Crippen LogP) is 4.92. The third-order valence-corrected chi connectivity index (χ3v) is 1.06. The molecule has 1 radical (unpaired) electrons. The summed E-state index contributed by atoms with van der Waals surface area (Å²) in [6, 6.07) is 0. The maximum Gasteiger partial charge on any atom is 3.00 e. The molecule has 14 heavy (non-hydrogen) atoms. The van der Waals surface area contributed by atoms with Crippen molar-refractivity contribution in [1.82, 2.24) is 0 Å². The fourth-order valence-corrected chi connectivity index (χ4v) is 0. The van der Waals surface area contributed by atoms with E-state index in [9.17, 15) is 0 Å². The Morgan fingerprint density at radius 1 is 0.643 bits per heavy atom. The van der Waals surface area contributed by atoms with Gasteiger partial charge in [0.05, 0.1) is 0 Å². The monoisotopic (exact) mass is 263 g/mol. The summed E-state index contributed by atoms with van der Waals surface area (Å²) in [4.78, 5) is 0. The number of rotatable bonds is 3. The molecule has 1 atom stereocenters. The second-order valence-corrected chi connectivity index (χ2v) is 2.56. The Hall–Kier alpha value is 0.924. The van der Waals surface area contributed by atoms with Crippen LogP contribution in [0.5, 0.6) is 0 Å². The standard InChI is InChI=1S/3C4H9.Ni.H3P/c3*1-3-4-2;;/h3*1,3-4H2,2H3;;1H3/q3*-1;+3;. The van der Waals surface area contributed by atoms with Gasteiger partial charge in [-0.1, -0.05) is 40.0 Å². The van der Waals surface area contributed by atoms with Crippen molar-refractivity contribution in [2.75, 3.05) is 0 Å². The van der Waals surface area contributed by atoms with Gasteiger partial charge in [-0.15, -0.1) is 0 Å². The number of hydrogen-bond donors (Lipinski definition) is 0. The normalized spacial score (nSPS) is 6.43. The van der Waals surface area contributed by atoms with Gasteiger partial charge < -0.3 is 20.8 Å². The Labute approximate surface area is 107 Å². The third kappa shape index (κ3) is 119. The van der Waals surface area contributed by atoms with Gasteiger partial charge in [0.25, 0.3) is 0 Å². The van der Waals surface area contributed by atoms with E-state index in [4.69, 9.17) is 0 Å². The summed E-state index contributed by atoms with van der Waals surface area (Å²) in [6.45, 7) is 17.2. The van der Waals surface area contributed by atoms with Crippen LogP contribution in [0.3, 0.4) is 0 Å². The topological polar surface area (TPSA) is 0 Å². The van der Waals surface area contributed by atoms with E-state index in [2.05, 4.69) is 41.5 Å². The van der Waals surface area contributed by atoms with Gasteiger partial charge in [-0.25, -0.2) is 0 Å². The first-order valence-electron chi connectivity index (χ1n) is 5.12. The zero-order valence-corrected chi connectivity index (χ0v) is 12.8. The van der Waals surface area contributed by atoms with Crippen molar-refractivity contribution in [3.05, 3.63) is 20.8 Å². The van der Waals surface area contributed by atoms with Crippen molar-refractivity contribution in [2.24, 2.45) is 0 Å². The van der Waals surface area contributed by atoms with Crippen LogP contribution < -0.4 is 0 Å². The molecule has 0 aromatic carbocycles. The van der Waals surface area contributed by atoms with Crippen LogP contribution in [0.25, 0.3) is 0 Å². The Morgan fingerprint density at radius 2 is 0.714 bits per heavy atom. The van der Waals surface area contributed by atoms with E-state index in [0.29, 0.717) is 0 Å². The van der Waals surface area contributed by atoms with E-state index in [1.807, 2.05) is 0 Å². The first kappa shape index (κ1) is 29.4. The predicted molar refractivity (Wildman–Crippen MR) is 71.9 cm³/mol. The molecule has 0 N–H and O–H groups in total. The zero-order valence-electron chi connectivity index (χ0n) is 10.4. The summed E-state index contributed by atoms with van der Waals surface area (Å²) in [7, 11) is 0. The molecule has 0 aliphatic heterocycles. The van der Waals surface area contributed by atoms with Crippen LogP contribution in [0.4, 0.5) is 0 Å². The Balaban J connectivity index is -0.0000000270. The minimum Gasteiger partial charge on any atom is -0.343 e. The first-order valence-corrected chi connectivity index (χ1v) is 5.12. The molecule has 0 aromatic heterocycles. The van der Waals surface area contributed by atoms with Crippen molar-refractivity contribution in [1.29, 1.82) is 0 Å². The van der Waals surface area contributed by atoms with E-state index in [1.165, 1.54) is 19.3 Å². The van der Waals surface area contributed by atoms with Gasteiger partial charge in [0, 0.05) is 0 Å². The minimum atomic E-state index is 0. The third-order valence-electron chi connectivity index (χ3n) is 1.06. The van der Waals surface area contributed by atoms with E-state index < -0.39 is 0 Å². The average Bonchev–Trinajstić information content (AvgIpc) is 2.18. The van der Waals surface area contributed by atoms with Gasteiger partial charge in [-0.3, -0.25) is 0 Å². The molecule has 2 heteroatoms. The van der Waals surface area contributed by atoms with E-state index in [1.54, 1.807) is 0 Å². The second kappa shape index (κ2) is 48.5. The molecule has 0 rings (SSSR count). The van der Waals surface area contributed by atoms with Crippen LogP contribution >= 0.6 is 9.90 Å². The van der Waals surface area contributed by atoms with Crippen LogP contribution in [0, 0.1) is 20.8 Å². The molecule has 0 nitrogen and oxygen atoms in total.